The molecule has 2 atom stereocenters. The topological polar surface area (TPSA) is 24.5 Å². The first kappa shape index (κ1) is 12.2. The van der Waals surface area contributed by atoms with E-state index in [0.717, 1.165) is 32.7 Å². The van der Waals surface area contributed by atoms with Crippen molar-refractivity contribution in [1.29, 1.82) is 0 Å². The summed E-state index contributed by atoms with van der Waals surface area (Å²) in [4.78, 5) is 2.50. The van der Waals surface area contributed by atoms with Crippen molar-refractivity contribution in [3.63, 3.8) is 0 Å². The zero-order chi connectivity index (χ0) is 12.5. The zero-order valence-corrected chi connectivity index (χ0v) is 11.3. The predicted octanol–water partition coefficient (Wildman–Crippen LogP) is 1.90. The summed E-state index contributed by atoms with van der Waals surface area (Å²) in [6.45, 7) is 9.51. The van der Waals surface area contributed by atoms with Gasteiger partial charge < -0.3 is 10.1 Å². The van der Waals surface area contributed by atoms with Gasteiger partial charge in [0.2, 0.25) is 0 Å². The minimum atomic E-state index is 0.352. The van der Waals surface area contributed by atoms with Gasteiger partial charge in [0, 0.05) is 32.7 Å². The number of nitrogens with zero attached hydrogens (tertiary/aromatic N) is 1. The van der Waals surface area contributed by atoms with Gasteiger partial charge in [-0.05, 0) is 30.5 Å². The van der Waals surface area contributed by atoms with Gasteiger partial charge in [0.05, 0.1) is 12.2 Å². The number of fused-ring (bicyclic) bond motifs is 1. The fourth-order valence-electron chi connectivity index (χ4n) is 3.12. The van der Waals surface area contributed by atoms with Gasteiger partial charge >= 0.3 is 0 Å². The molecular weight excluding hydrogens is 224 g/mol. The van der Waals surface area contributed by atoms with Crippen LogP contribution in [0.4, 0.5) is 0 Å². The minimum Gasteiger partial charge on any atom is -0.373 e. The Hall–Kier alpha value is -0.900. The fraction of sp³-hybridized carbons (Fsp3) is 0.600. The third-order valence-corrected chi connectivity index (χ3v) is 3.80. The van der Waals surface area contributed by atoms with Gasteiger partial charge in [0.15, 0.2) is 0 Å². The van der Waals surface area contributed by atoms with Crippen molar-refractivity contribution in [3.8, 4) is 0 Å². The number of hydrogen-bond donors (Lipinski definition) is 1. The van der Waals surface area contributed by atoms with Crippen molar-refractivity contribution in [3.05, 3.63) is 34.9 Å². The van der Waals surface area contributed by atoms with Crippen molar-refractivity contribution in [2.45, 2.75) is 45.7 Å². The Morgan fingerprint density at radius 3 is 2.67 bits per heavy atom. The third-order valence-electron chi connectivity index (χ3n) is 3.80. The van der Waals surface area contributed by atoms with Crippen LogP contribution in [0.1, 0.15) is 30.5 Å². The van der Waals surface area contributed by atoms with Gasteiger partial charge in [-0.3, -0.25) is 4.90 Å². The number of rotatable bonds is 2. The summed E-state index contributed by atoms with van der Waals surface area (Å²) in [6, 6.07) is 6.91. The van der Waals surface area contributed by atoms with Crippen molar-refractivity contribution in [2.75, 3.05) is 13.1 Å². The molecule has 1 N–H and O–H groups in total. The van der Waals surface area contributed by atoms with E-state index in [0.29, 0.717) is 12.2 Å². The second-order valence-electron chi connectivity index (χ2n) is 5.66. The van der Waals surface area contributed by atoms with Crippen LogP contribution in [-0.4, -0.2) is 30.2 Å². The molecule has 0 aromatic heterocycles. The molecule has 1 fully saturated rings. The highest BCUT2D eigenvalue weighted by atomic mass is 16.5. The van der Waals surface area contributed by atoms with Crippen molar-refractivity contribution in [1.82, 2.24) is 10.2 Å². The van der Waals surface area contributed by atoms with Crippen LogP contribution in [0, 0.1) is 0 Å². The van der Waals surface area contributed by atoms with Crippen molar-refractivity contribution >= 4 is 0 Å². The van der Waals surface area contributed by atoms with Gasteiger partial charge in [0.25, 0.3) is 0 Å². The molecule has 18 heavy (non-hydrogen) atoms. The maximum atomic E-state index is 5.78. The van der Waals surface area contributed by atoms with E-state index in [4.69, 9.17) is 4.74 Å². The number of ether oxygens (including phenoxy) is 1. The van der Waals surface area contributed by atoms with Crippen LogP contribution in [0.25, 0.3) is 0 Å². The number of hydrogen-bond acceptors (Lipinski definition) is 3. The summed E-state index contributed by atoms with van der Waals surface area (Å²) in [7, 11) is 0. The predicted molar refractivity (Wildman–Crippen MR) is 72.3 cm³/mol. The fourth-order valence-corrected chi connectivity index (χ4v) is 3.12. The quantitative estimate of drug-likeness (QED) is 0.862. The molecule has 0 saturated carbocycles. The Labute approximate surface area is 109 Å². The van der Waals surface area contributed by atoms with E-state index >= 15 is 0 Å². The van der Waals surface area contributed by atoms with Crippen LogP contribution in [0.2, 0.25) is 0 Å². The summed E-state index contributed by atoms with van der Waals surface area (Å²) >= 11 is 0. The molecule has 1 aromatic rings. The van der Waals surface area contributed by atoms with E-state index in [1.807, 2.05) is 0 Å². The average molecular weight is 246 g/mol. The molecule has 1 saturated heterocycles. The molecule has 2 aliphatic rings. The Morgan fingerprint density at radius 2 is 1.89 bits per heavy atom. The van der Waals surface area contributed by atoms with Gasteiger partial charge in [-0.15, -0.1) is 0 Å². The highest BCUT2D eigenvalue weighted by Crippen LogP contribution is 2.19. The third kappa shape index (κ3) is 2.58. The van der Waals surface area contributed by atoms with E-state index in [1.54, 1.807) is 0 Å². The Kier molecular flexibility index (Phi) is 3.37. The first-order valence-corrected chi connectivity index (χ1v) is 6.90. The van der Waals surface area contributed by atoms with Crippen LogP contribution < -0.4 is 5.32 Å². The molecule has 2 aliphatic heterocycles. The van der Waals surface area contributed by atoms with Crippen LogP contribution in [0.5, 0.6) is 0 Å². The van der Waals surface area contributed by atoms with E-state index in [-0.39, 0.29) is 0 Å². The first-order chi connectivity index (χ1) is 8.70. The monoisotopic (exact) mass is 246 g/mol. The highest BCUT2D eigenvalue weighted by molar-refractivity contribution is 5.34. The maximum absolute atomic E-state index is 5.78. The van der Waals surface area contributed by atoms with Crippen molar-refractivity contribution in [2.24, 2.45) is 0 Å². The lowest BCUT2D eigenvalue weighted by Gasteiger charge is -2.35. The summed E-state index contributed by atoms with van der Waals surface area (Å²) < 4.78 is 5.78. The summed E-state index contributed by atoms with van der Waals surface area (Å²) in [5.74, 6) is 0. The van der Waals surface area contributed by atoms with E-state index < -0.39 is 0 Å². The molecule has 98 valence electrons. The maximum Gasteiger partial charge on any atom is 0.0678 e. The smallest absolute Gasteiger partial charge is 0.0678 e. The van der Waals surface area contributed by atoms with Crippen LogP contribution in [-0.2, 0) is 24.4 Å². The SMILES string of the molecule is C[C@@H]1CN(Cc2ccc3c(c2)CNC3)C[C@H](C)O1. The summed E-state index contributed by atoms with van der Waals surface area (Å²) in [5, 5.41) is 3.40. The number of morpholine rings is 1. The molecule has 3 nitrogen and oxygen atoms in total. The van der Waals surface area contributed by atoms with E-state index in [1.165, 1.54) is 16.7 Å². The lowest BCUT2D eigenvalue weighted by atomic mass is 10.1. The lowest BCUT2D eigenvalue weighted by molar-refractivity contribution is -0.0704. The van der Waals surface area contributed by atoms with Gasteiger partial charge in [-0.2, -0.15) is 0 Å². The molecule has 0 unspecified atom stereocenters. The number of benzene rings is 1. The van der Waals surface area contributed by atoms with Gasteiger partial charge in [-0.25, -0.2) is 0 Å². The molecule has 2 heterocycles. The molecular formula is C15H22N2O. The molecule has 0 spiro atoms. The summed E-state index contributed by atoms with van der Waals surface area (Å²) in [6.07, 6.45) is 0.703. The standard InChI is InChI=1S/C15H22N2O/c1-11-8-17(9-12(2)18-11)10-13-3-4-14-6-16-7-15(14)5-13/h3-5,11-12,16H,6-10H2,1-2H3/t11-,12+. The second kappa shape index (κ2) is 5.00. The zero-order valence-electron chi connectivity index (χ0n) is 11.3. The van der Waals surface area contributed by atoms with Crippen LogP contribution in [0.3, 0.4) is 0 Å². The molecule has 0 bridgehead atoms. The molecule has 0 aliphatic carbocycles. The van der Waals surface area contributed by atoms with E-state index in [2.05, 4.69) is 42.3 Å². The molecule has 0 amide bonds. The Bertz CT molecular complexity index is 423. The van der Waals surface area contributed by atoms with Crippen LogP contribution >= 0.6 is 0 Å². The van der Waals surface area contributed by atoms with E-state index in [9.17, 15) is 0 Å². The van der Waals surface area contributed by atoms with Gasteiger partial charge in [0.1, 0.15) is 0 Å². The normalized spacial score (nSPS) is 28.3. The second-order valence-corrected chi connectivity index (χ2v) is 5.66. The molecule has 3 rings (SSSR count). The molecule has 1 aromatic carbocycles. The highest BCUT2D eigenvalue weighted by Gasteiger charge is 2.22. The molecule has 0 radical (unpaired) electrons. The summed E-state index contributed by atoms with van der Waals surface area (Å²) in [5.41, 5.74) is 4.36. The number of nitrogens with one attached hydrogen (secondary N) is 1. The van der Waals surface area contributed by atoms with Gasteiger partial charge in [-0.1, -0.05) is 18.2 Å². The minimum absolute atomic E-state index is 0.352. The largest absolute Gasteiger partial charge is 0.373 e. The lowest BCUT2D eigenvalue weighted by Crippen LogP contribution is -2.44. The first-order valence-electron chi connectivity index (χ1n) is 6.90. The average Bonchev–Trinajstić information content (AvgIpc) is 2.74. The van der Waals surface area contributed by atoms with Crippen LogP contribution in [0.15, 0.2) is 18.2 Å². The Morgan fingerprint density at radius 1 is 1.17 bits per heavy atom. The van der Waals surface area contributed by atoms with Crippen molar-refractivity contribution < 1.29 is 4.74 Å². The Balaban J connectivity index is 1.69. The molecule has 3 heteroatoms.